The molecule has 0 amide bonds. The molecule has 0 bridgehead atoms. The molecule has 0 aliphatic heterocycles. The van der Waals surface area contributed by atoms with Crippen LogP contribution in [0.3, 0.4) is 0 Å². The highest BCUT2D eigenvalue weighted by atomic mass is 16.2. The summed E-state index contributed by atoms with van der Waals surface area (Å²) in [6.07, 6.45) is 0. The summed E-state index contributed by atoms with van der Waals surface area (Å²) in [7, 11) is 1.40. The predicted molar refractivity (Wildman–Crippen MR) is 72.7 cm³/mol. The van der Waals surface area contributed by atoms with E-state index < -0.39 is 16.5 Å². The van der Waals surface area contributed by atoms with Crippen LogP contribution in [0.1, 0.15) is 5.56 Å². The Bertz CT molecular complexity index is 992. The molecule has 3 rings (SSSR count). The summed E-state index contributed by atoms with van der Waals surface area (Å²) in [6.45, 7) is 1.89. The number of nitrogens with zero attached hydrogens (tertiary/aromatic N) is 1. The number of aromatic nitrogens is 3. The minimum Gasteiger partial charge on any atom is -0.350 e. The third-order valence-electron chi connectivity index (χ3n) is 3.17. The van der Waals surface area contributed by atoms with E-state index in [0.717, 1.165) is 10.2 Å². The van der Waals surface area contributed by atoms with Crippen molar-refractivity contribution in [2.24, 2.45) is 7.05 Å². The highest BCUT2D eigenvalue weighted by Gasteiger charge is 2.12. The topological polar surface area (TPSA) is 87.7 Å². The van der Waals surface area contributed by atoms with Crippen molar-refractivity contribution in [2.45, 2.75) is 6.92 Å². The molecular formula is C13H11N3O3. The van der Waals surface area contributed by atoms with Crippen LogP contribution in [0, 0.1) is 6.92 Å². The SMILES string of the molecule is Cc1ccc2c(=O)c3c(=O)n(C)[nH]c(=O)c3[nH]c2c1. The zero-order chi connectivity index (χ0) is 13.7. The molecule has 3 aromatic rings. The maximum Gasteiger partial charge on any atom is 0.287 e. The minimum atomic E-state index is -0.515. The van der Waals surface area contributed by atoms with Gasteiger partial charge in [0.2, 0.25) is 5.43 Å². The van der Waals surface area contributed by atoms with Crippen molar-refractivity contribution in [1.82, 2.24) is 14.8 Å². The Labute approximate surface area is 106 Å². The molecule has 0 saturated carbocycles. The number of rotatable bonds is 0. The van der Waals surface area contributed by atoms with Crippen LogP contribution >= 0.6 is 0 Å². The van der Waals surface area contributed by atoms with E-state index in [1.165, 1.54) is 7.05 Å². The van der Waals surface area contributed by atoms with E-state index >= 15 is 0 Å². The monoisotopic (exact) mass is 257 g/mol. The lowest BCUT2D eigenvalue weighted by atomic mass is 10.1. The molecule has 6 nitrogen and oxygen atoms in total. The Morgan fingerprint density at radius 3 is 2.63 bits per heavy atom. The van der Waals surface area contributed by atoms with Gasteiger partial charge >= 0.3 is 0 Å². The molecule has 2 aromatic heterocycles. The second kappa shape index (κ2) is 3.68. The van der Waals surface area contributed by atoms with Gasteiger partial charge < -0.3 is 4.98 Å². The molecule has 1 aromatic carbocycles. The summed E-state index contributed by atoms with van der Waals surface area (Å²) in [5.74, 6) is 0. The summed E-state index contributed by atoms with van der Waals surface area (Å²) in [4.78, 5) is 39.0. The number of aryl methyl sites for hydroxylation is 2. The van der Waals surface area contributed by atoms with Crippen LogP contribution in [0.5, 0.6) is 0 Å². The first kappa shape index (κ1) is 11.5. The fourth-order valence-corrected chi connectivity index (χ4v) is 2.21. The van der Waals surface area contributed by atoms with Crippen molar-refractivity contribution in [3.05, 3.63) is 54.7 Å². The van der Waals surface area contributed by atoms with Crippen LogP contribution in [0.4, 0.5) is 0 Å². The van der Waals surface area contributed by atoms with Crippen molar-refractivity contribution in [1.29, 1.82) is 0 Å². The van der Waals surface area contributed by atoms with E-state index in [1.54, 1.807) is 18.2 Å². The van der Waals surface area contributed by atoms with Crippen LogP contribution < -0.4 is 16.5 Å². The van der Waals surface area contributed by atoms with Gasteiger partial charge in [0.05, 0.1) is 5.52 Å². The molecule has 6 heteroatoms. The van der Waals surface area contributed by atoms with Crippen molar-refractivity contribution in [3.63, 3.8) is 0 Å². The molecule has 2 N–H and O–H groups in total. The van der Waals surface area contributed by atoms with Crippen molar-refractivity contribution in [3.8, 4) is 0 Å². The normalized spacial score (nSPS) is 11.3. The van der Waals surface area contributed by atoms with Gasteiger partial charge in [-0.15, -0.1) is 0 Å². The number of aromatic amines is 2. The molecule has 0 radical (unpaired) electrons. The van der Waals surface area contributed by atoms with Crippen LogP contribution in [0.25, 0.3) is 21.8 Å². The van der Waals surface area contributed by atoms with Gasteiger partial charge in [-0.2, -0.15) is 0 Å². The summed E-state index contributed by atoms with van der Waals surface area (Å²) < 4.78 is 1.01. The molecule has 19 heavy (non-hydrogen) atoms. The van der Waals surface area contributed by atoms with E-state index in [-0.39, 0.29) is 10.9 Å². The van der Waals surface area contributed by atoms with Gasteiger partial charge in [-0.05, 0) is 24.6 Å². The first-order chi connectivity index (χ1) is 8.99. The maximum atomic E-state index is 12.3. The maximum absolute atomic E-state index is 12.3. The molecule has 0 saturated heterocycles. The van der Waals surface area contributed by atoms with Crippen LogP contribution in [-0.4, -0.2) is 14.8 Å². The molecule has 0 spiro atoms. The molecular weight excluding hydrogens is 246 g/mol. The number of H-pyrrole nitrogens is 2. The quantitative estimate of drug-likeness (QED) is 0.570. The molecule has 2 heterocycles. The Balaban J connectivity index is 2.74. The Morgan fingerprint density at radius 1 is 1.16 bits per heavy atom. The molecule has 0 aliphatic carbocycles. The molecule has 0 unspecified atom stereocenters. The lowest BCUT2D eigenvalue weighted by Crippen LogP contribution is -2.31. The number of hydrogen-bond acceptors (Lipinski definition) is 3. The van der Waals surface area contributed by atoms with Crippen molar-refractivity contribution < 1.29 is 0 Å². The zero-order valence-corrected chi connectivity index (χ0v) is 10.4. The van der Waals surface area contributed by atoms with E-state index in [4.69, 9.17) is 0 Å². The van der Waals surface area contributed by atoms with Gasteiger partial charge in [0.1, 0.15) is 10.9 Å². The van der Waals surface area contributed by atoms with Crippen molar-refractivity contribution in [2.75, 3.05) is 0 Å². The minimum absolute atomic E-state index is 0.0196. The Morgan fingerprint density at radius 2 is 1.89 bits per heavy atom. The summed E-state index contributed by atoms with van der Waals surface area (Å²) in [6, 6.07) is 5.22. The fourth-order valence-electron chi connectivity index (χ4n) is 2.21. The average molecular weight is 257 g/mol. The standard InChI is InChI=1S/C13H11N3O3/c1-6-3-4-7-8(5-6)14-10-9(11(7)17)13(19)16(2)15-12(10)18/h3-5H,1-2H3,(H,14,17)(H,15,18). The van der Waals surface area contributed by atoms with Crippen molar-refractivity contribution >= 4 is 21.8 Å². The average Bonchev–Trinajstić information content (AvgIpc) is 2.35. The second-order valence-corrected chi connectivity index (χ2v) is 4.56. The Hall–Kier alpha value is -2.63. The molecule has 0 fully saturated rings. The Kier molecular flexibility index (Phi) is 2.22. The third kappa shape index (κ3) is 1.53. The van der Waals surface area contributed by atoms with Gasteiger partial charge in [0, 0.05) is 12.4 Å². The molecule has 0 atom stereocenters. The van der Waals surface area contributed by atoms with Gasteiger partial charge in [-0.1, -0.05) is 6.07 Å². The third-order valence-corrected chi connectivity index (χ3v) is 3.17. The largest absolute Gasteiger partial charge is 0.350 e. The van der Waals surface area contributed by atoms with E-state index in [0.29, 0.717) is 10.9 Å². The van der Waals surface area contributed by atoms with Gasteiger partial charge in [0.15, 0.2) is 0 Å². The fraction of sp³-hybridized carbons (Fsp3) is 0.154. The summed E-state index contributed by atoms with van der Waals surface area (Å²) in [5.41, 5.74) is 0.108. The second-order valence-electron chi connectivity index (χ2n) is 4.56. The van der Waals surface area contributed by atoms with Crippen LogP contribution in [0.2, 0.25) is 0 Å². The predicted octanol–water partition coefficient (Wildman–Crippen LogP) is 0.377. The van der Waals surface area contributed by atoms with E-state index in [1.807, 2.05) is 6.92 Å². The number of pyridine rings is 1. The van der Waals surface area contributed by atoms with E-state index in [9.17, 15) is 14.4 Å². The highest BCUT2D eigenvalue weighted by molar-refractivity contribution is 5.91. The number of fused-ring (bicyclic) bond motifs is 2. The smallest absolute Gasteiger partial charge is 0.287 e. The first-order valence-electron chi connectivity index (χ1n) is 5.74. The lowest BCUT2D eigenvalue weighted by Gasteiger charge is -2.04. The lowest BCUT2D eigenvalue weighted by molar-refractivity contribution is 0.702. The van der Waals surface area contributed by atoms with E-state index in [2.05, 4.69) is 10.1 Å². The molecule has 0 aliphatic rings. The van der Waals surface area contributed by atoms with Crippen LogP contribution in [0.15, 0.2) is 32.6 Å². The molecule has 96 valence electrons. The summed E-state index contributed by atoms with van der Waals surface area (Å²) in [5, 5.41) is 2.66. The van der Waals surface area contributed by atoms with Gasteiger partial charge in [-0.25, -0.2) is 0 Å². The highest BCUT2D eigenvalue weighted by Crippen LogP contribution is 2.11. The summed E-state index contributed by atoms with van der Waals surface area (Å²) >= 11 is 0. The zero-order valence-electron chi connectivity index (χ0n) is 10.4. The number of nitrogens with one attached hydrogen (secondary N) is 2. The first-order valence-corrected chi connectivity index (χ1v) is 5.74. The van der Waals surface area contributed by atoms with Crippen LogP contribution in [-0.2, 0) is 7.05 Å². The van der Waals surface area contributed by atoms with Gasteiger partial charge in [0.25, 0.3) is 11.1 Å². The van der Waals surface area contributed by atoms with Gasteiger partial charge in [-0.3, -0.25) is 24.2 Å². The number of benzene rings is 1. The number of hydrogen-bond donors (Lipinski definition) is 2.